The molecule has 158 valence electrons. The van der Waals surface area contributed by atoms with Gasteiger partial charge in [-0.3, -0.25) is 4.79 Å². The van der Waals surface area contributed by atoms with Gasteiger partial charge in [0.15, 0.2) is 11.3 Å². The molecule has 0 aliphatic rings. The van der Waals surface area contributed by atoms with E-state index in [-0.39, 0.29) is 5.56 Å². The third-order valence-corrected chi connectivity index (χ3v) is 6.18. The zero-order chi connectivity index (χ0) is 22.2. The van der Waals surface area contributed by atoms with Crippen molar-refractivity contribution in [1.82, 2.24) is 9.97 Å². The molecule has 0 saturated carbocycles. The first-order chi connectivity index (χ1) is 15.5. The second kappa shape index (κ2) is 7.90. The molecule has 0 unspecified atom stereocenters. The minimum absolute atomic E-state index is 0.0836. The summed E-state index contributed by atoms with van der Waals surface area (Å²) in [4.78, 5) is 35.3. The van der Waals surface area contributed by atoms with Gasteiger partial charge in [-0.05, 0) is 42.8 Å². The van der Waals surface area contributed by atoms with Gasteiger partial charge in [0, 0.05) is 22.8 Å². The lowest BCUT2D eigenvalue weighted by atomic mass is 10.1. The van der Waals surface area contributed by atoms with Gasteiger partial charge in [-0.15, -0.1) is 0 Å². The average Bonchev–Trinajstić information content (AvgIpc) is 3.23. The first kappa shape index (κ1) is 19.9. The highest BCUT2D eigenvalue weighted by Crippen LogP contribution is 2.34. The lowest BCUT2D eigenvalue weighted by molar-refractivity contribution is 0.102. The van der Waals surface area contributed by atoms with Crippen LogP contribution < -0.4 is 15.7 Å². The topological polar surface area (TPSA) is 94.3 Å². The van der Waals surface area contributed by atoms with Crippen LogP contribution in [-0.2, 0) is 0 Å². The van der Waals surface area contributed by atoms with Crippen LogP contribution in [0.1, 0.15) is 15.9 Å². The first-order valence-corrected chi connectivity index (χ1v) is 10.6. The number of benzene rings is 2. The van der Waals surface area contributed by atoms with Crippen LogP contribution in [0.5, 0.6) is 5.75 Å². The molecule has 0 radical (unpaired) electrons. The van der Waals surface area contributed by atoms with Crippen LogP contribution in [-0.4, -0.2) is 23.0 Å². The first-order valence-electron chi connectivity index (χ1n) is 9.79. The third-order valence-electron chi connectivity index (χ3n) is 5.17. The summed E-state index contributed by atoms with van der Waals surface area (Å²) in [5.41, 5.74) is 2.63. The molecule has 0 atom stereocenters. The summed E-state index contributed by atoms with van der Waals surface area (Å²) in [6.45, 7) is 1.90. The van der Waals surface area contributed by atoms with Crippen LogP contribution >= 0.6 is 11.3 Å². The predicted octanol–water partition coefficient (Wildman–Crippen LogP) is 5.03. The van der Waals surface area contributed by atoms with Crippen LogP contribution in [0.4, 0.5) is 5.69 Å². The highest BCUT2D eigenvalue weighted by Gasteiger charge is 2.18. The molecule has 2 aromatic carbocycles. The van der Waals surface area contributed by atoms with E-state index in [0.29, 0.717) is 22.4 Å². The number of fused-ring (bicyclic) bond motifs is 2. The number of ether oxygens (including phenoxy) is 1. The summed E-state index contributed by atoms with van der Waals surface area (Å²) in [5, 5.41) is 4.24. The number of anilines is 1. The van der Waals surface area contributed by atoms with E-state index >= 15 is 0 Å². The van der Waals surface area contributed by atoms with Gasteiger partial charge in [-0.2, -0.15) is 0 Å². The van der Waals surface area contributed by atoms with Gasteiger partial charge in [-0.25, -0.2) is 14.8 Å². The van der Waals surface area contributed by atoms with E-state index in [2.05, 4.69) is 15.3 Å². The van der Waals surface area contributed by atoms with E-state index in [1.807, 2.05) is 31.2 Å². The fraction of sp³-hybridized carbons (Fsp3) is 0.0833. The Morgan fingerprint density at radius 1 is 1.12 bits per heavy atom. The molecule has 5 aromatic rings. The van der Waals surface area contributed by atoms with E-state index in [4.69, 9.17) is 9.15 Å². The fourth-order valence-corrected chi connectivity index (χ4v) is 4.50. The Bertz CT molecular complexity index is 1520. The minimum atomic E-state index is -0.731. The second-order valence-electron chi connectivity index (χ2n) is 7.11. The van der Waals surface area contributed by atoms with E-state index < -0.39 is 11.5 Å². The van der Waals surface area contributed by atoms with E-state index in [0.717, 1.165) is 26.5 Å². The number of nitrogens with zero attached hydrogens (tertiary/aromatic N) is 2. The number of hydrogen-bond acceptors (Lipinski definition) is 7. The number of thiazole rings is 1. The molecule has 7 nitrogen and oxygen atoms in total. The summed E-state index contributed by atoms with van der Waals surface area (Å²) >= 11 is 1.48. The number of nitrogens with one attached hydrogen (secondary N) is 1. The maximum absolute atomic E-state index is 12.9. The van der Waals surface area contributed by atoms with Crippen molar-refractivity contribution < 1.29 is 13.9 Å². The largest absolute Gasteiger partial charge is 0.493 e. The van der Waals surface area contributed by atoms with E-state index in [1.54, 1.807) is 30.5 Å². The van der Waals surface area contributed by atoms with Crippen LogP contribution in [0, 0.1) is 6.92 Å². The molecule has 3 heterocycles. The van der Waals surface area contributed by atoms with Crippen LogP contribution in [0.3, 0.4) is 0 Å². The molecule has 0 bridgehead atoms. The Hall–Kier alpha value is -4.04. The van der Waals surface area contributed by atoms with Crippen molar-refractivity contribution in [2.24, 2.45) is 0 Å². The van der Waals surface area contributed by atoms with Crippen LogP contribution in [0.2, 0.25) is 0 Å². The van der Waals surface area contributed by atoms with Crippen LogP contribution in [0.15, 0.2) is 70.0 Å². The zero-order valence-corrected chi connectivity index (χ0v) is 18.0. The molecule has 0 aliphatic carbocycles. The van der Waals surface area contributed by atoms with Gasteiger partial charge in [0.1, 0.15) is 20.9 Å². The van der Waals surface area contributed by atoms with E-state index in [1.165, 1.54) is 24.5 Å². The number of methoxy groups -OCH3 is 1. The van der Waals surface area contributed by atoms with Crippen molar-refractivity contribution in [3.05, 3.63) is 82.3 Å². The number of carbonyl (C=O) groups is 1. The Kier molecular flexibility index (Phi) is 4.91. The number of pyridine rings is 1. The maximum Gasteiger partial charge on any atom is 0.349 e. The van der Waals surface area contributed by atoms with Crippen molar-refractivity contribution in [3.8, 4) is 16.3 Å². The molecule has 8 heteroatoms. The molecule has 0 saturated heterocycles. The van der Waals surface area contributed by atoms with Crippen molar-refractivity contribution in [2.45, 2.75) is 6.92 Å². The van der Waals surface area contributed by atoms with Gasteiger partial charge in [-0.1, -0.05) is 35.6 Å². The second-order valence-corrected chi connectivity index (χ2v) is 8.08. The smallest absolute Gasteiger partial charge is 0.349 e. The fourth-order valence-electron chi connectivity index (χ4n) is 3.51. The molecule has 32 heavy (non-hydrogen) atoms. The molecule has 0 aliphatic heterocycles. The number of hydrogen-bond donors (Lipinski definition) is 1. The van der Waals surface area contributed by atoms with Gasteiger partial charge < -0.3 is 14.5 Å². The Labute approximate surface area is 186 Å². The molecule has 5 rings (SSSR count). The van der Waals surface area contributed by atoms with Crippen LogP contribution in [0.25, 0.3) is 31.9 Å². The molecular formula is C24H17N3O4S. The molecule has 3 aromatic heterocycles. The number of amides is 1. The lowest BCUT2D eigenvalue weighted by Gasteiger charge is -2.11. The standard InChI is InChI=1S/C24H17N3O4S/c1-13-15(22-27-18-9-5-11-25-23(18)32-22)7-4-8-17(13)26-21(28)16-12-14-6-3-10-19(30-2)20(14)31-24(16)29/h3-12H,1-2H3,(H,26,28). The number of para-hydroxylation sites is 1. The monoisotopic (exact) mass is 443 g/mol. The summed E-state index contributed by atoms with van der Waals surface area (Å²) in [6.07, 6.45) is 1.73. The lowest BCUT2D eigenvalue weighted by Crippen LogP contribution is -2.21. The summed E-state index contributed by atoms with van der Waals surface area (Å²) in [7, 11) is 1.49. The SMILES string of the molecule is COc1cccc2cc(C(=O)Nc3cccc(-c4nc5cccnc5s4)c3C)c(=O)oc12. The van der Waals surface area contributed by atoms with Gasteiger partial charge >= 0.3 is 5.63 Å². The molecular weight excluding hydrogens is 426 g/mol. The molecule has 1 N–H and O–H groups in total. The minimum Gasteiger partial charge on any atom is -0.493 e. The average molecular weight is 443 g/mol. The van der Waals surface area contributed by atoms with Crippen molar-refractivity contribution >= 4 is 44.2 Å². The number of carbonyl (C=O) groups excluding carboxylic acids is 1. The highest BCUT2D eigenvalue weighted by atomic mass is 32.1. The Balaban J connectivity index is 1.50. The summed E-state index contributed by atoms with van der Waals surface area (Å²) < 4.78 is 10.6. The van der Waals surface area contributed by atoms with Crippen molar-refractivity contribution in [2.75, 3.05) is 12.4 Å². The summed E-state index contributed by atoms with van der Waals surface area (Å²) in [5.74, 6) is -0.116. The third kappa shape index (κ3) is 3.40. The quantitative estimate of drug-likeness (QED) is 0.391. The maximum atomic E-state index is 12.9. The molecule has 0 spiro atoms. The molecule has 0 fully saturated rings. The predicted molar refractivity (Wildman–Crippen MR) is 125 cm³/mol. The van der Waals surface area contributed by atoms with Gasteiger partial charge in [0.2, 0.25) is 0 Å². The number of aromatic nitrogens is 2. The highest BCUT2D eigenvalue weighted by molar-refractivity contribution is 7.21. The van der Waals surface area contributed by atoms with Crippen molar-refractivity contribution in [3.63, 3.8) is 0 Å². The normalized spacial score (nSPS) is 11.1. The van der Waals surface area contributed by atoms with Gasteiger partial charge in [0.05, 0.1) is 7.11 Å². The van der Waals surface area contributed by atoms with Crippen molar-refractivity contribution in [1.29, 1.82) is 0 Å². The Morgan fingerprint density at radius 3 is 2.78 bits per heavy atom. The van der Waals surface area contributed by atoms with E-state index in [9.17, 15) is 9.59 Å². The summed E-state index contributed by atoms with van der Waals surface area (Å²) in [6, 6.07) is 16.1. The Morgan fingerprint density at radius 2 is 1.97 bits per heavy atom. The number of rotatable bonds is 4. The zero-order valence-electron chi connectivity index (χ0n) is 17.2. The van der Waals surface area contributed by atoms with Gasteiger partial charge in [0.25, 0.3) is 5.91 Å². The molecule has 1 amide bonds.